The first-order chi connectivity index (χ1) is 31.2. The van der Waals surface area contributed by atoms with Crippen molar-refractivity contribution in [2.24, 2.45) is 0 Å². The SMILES string of the molecule is c1ccc(-c2cc(-n3c4ccccc4c4cc(-c5ccc6c(c5)c5ccccc5n6-c5nccc(-c6ccc7sc8cccnc8c7c6)n5)ccc43)cc(-c3ccccc3)n2)cc1. The first kappa shape index (κ1) is 35.5. The minimum absolute atomic E-state index is 0.635. The number of fused-ring (bicyclic) bond motifs is 9. The lowest BCUT2D eigenvalue weighted by Crippen LogP contribution is -2.01. The molecule has 0 amide bonds. The monoisotopic (exact) mass is 822 g/mol. The van der Waals surface area contributed by atoms with Crippen LogP contribution in [0, 0.1) is 0 Å². The van der Waals surface area contributed by atoms with E-state index in [1.165, 1.54) is 20.2 Å². The lowest BCUT2D eigenvalue weighted by Gasteiger charge is -2.13. The third-order valence-corrected chi connectivity index (χ3v) is 13.4. The Morgan fingerprint density at radius 1 is 0.333 bits per heavy atom. The Hall–Kier alpha value is -8.26. The second-order valence-corrected chi connectivity index (χ2v) is 17.0. The standard InChI is InChI=1S/C56H34N6S/c1-3-12-35(13-4-1)47-33-40(34-48(59-47)36-14-5-2-6-15-36)61-49-18-9-7-16-41(49)43-30-37(21-24-51(43)61)38-22-25-52-44(31-38)42-17-8-10-19-50(42)62(52)56-58-29-27-46(60-56)39-23-26-53-45(32-39)55-54(63-53)20-11-28-57-55/h1-34H. The number of rotatable bonds is 6. The van der Waals surface area contributed by atoms with Crippen LogP contribution in [0.3, 0.4) is 0 Å². The Bertz CT molecular complexity index is 3860. The summed E-state index contributed by atoms with van der Waals surface area (Å²) in [6.07, 6.45) is 3.73. The van der Waals surface area contributed by atoms with Crippen LogP contribution in [0.15, 0.2) is 207 Å². The van der Waals surface area contributed by atoms with Crippen molar-refractivity contribution in [3.8, 4) is 56.5 Å². The van der Waals surface area contributed by atoms with Crippen molar-refractivity contribution in [2.75, 3.05) is 0 Å². The fraction of sp³-hybridized carbons (Fsp3) is 0. The molecule has 6 nitrogen and oxygen atoms in total. The lowest BCUT2D eigenvalue weighted by molar-refractivity contribution is 0.992. The van der Waals surface area contributed by atoms with Gasteiger partial charge in [0.15, 0.2) is 0 Å². The zero-order chi connectivity index (χ0) is 41.4. The zero-order valence-electron chi connectivity index (χ0n) is 33.7. The topological polar surface area (TPSA) is 61.4 Å². The van der Waals surface area contributed by atoms with Crippen molar-refractivity contribution >= 4 is 75.3 Å². The predicted octanol–water partition coefficient (Wildman–Crippen LogP) is 14.5. The van der Waals surface area contributed by atoms with Gasteiger partial charge in [-0.05, 0) is 90.0 Å². The highest BCUT2D eigenvalue weighted by atomic mass is 32.1. The highest BCUT2D eigenvalue weighted by molar-refractivity contribution is 7.25. The summed E-state index contributed by atoms with van der Waals surface area (Å²) in [7, 11) is 0. The predicted molar refractivity (Wildman–Crippen MR) is 261 cm³/mol. The molecule has 0 aliphatic rings. The molecule has 13 aromatic rings. The number of aromatic nitrogens is 6. The van der Waals surface area contributed by atoms with E-state index in [0.29, 0.717) is 5.95 Å². The molecule has 0 spiro atoms. The molecule has 294 valence electrons. The van der Waals surface area contributed by atoms with Crippen LogP contribution in [0.4, 0.5) is 0 Å². The lowest BCUT2D eigenvalue weighted by atomic mass is 10.0. The molecule has 0 aliphatic heterocycles. The average Bonchev–Trinajstić information content (AvgIpc) is 4.01. The van der Waals surface area contributed by atoms with Crippen molar-refractivity contribution in [3.05, 3.63) is 207 Å². The molecule has 63 heavy (non-hydrogen) atoms. The molecule has 0 saturated carbocycles. The molecule has 0 aliphatic carbocycles. The normalized spacial score (nSPS) is 11.8. The zero-order valence-corrected chi connectivity index (χ0v) is 34.5. The van der Waals surface area contributed by atoms with Crippen LogP contribution in [-0.4, -0.2) is 29.1 Å². The molecule has 0 bridgehead atoms. The fourth-order valence-corrected chi connectivity index (χ4v) is 10.4. The molecule has 6 heterocycles. The minimum atomic E-state index is 0.635. The molecule has 0 unspecified atom stereocenters. The van der Waals surface area contributed by atoms with Gasteiger partial charge in [-0.1, -0.05) is 115 Å². The van der Waals surface area contributed by atoms with Gasteiger partial charge >= 0.3 is 0 Å². The summed E-state index contributed by atoms with van der Waals surface area (Å²) < 4.78 is 6.98. The molecule has 7 aromatic carbocycles. The van der Waals surface area contributed by atoms with Gasteiger partial charge < -0.3 is 4.57 Å². The van der Waals surface area contributed by atoms with Crippen LogP contribution in [0.25, 0.3) is 120 Å². The van der Waals surface area contributed by atoms with E-state index in [1.54, 1.807) is 11.3 Å². The maximum atomic E-state index is 5.20. The van der Waals surface area contributed by atoms with E-state index in [9.17, 15) is 0 Å². The Morgan fingerprint density at radius 2 is 0.905 bits per heavy atom. The second-order valence-electron chi connectivity index (χ2n) is 15.9. The van der Waals surface area contributed by atoms with E-state index >= 15 is 0 Å². The summed E-state index contributed by atoms with van der Waals surface area (Å²) in [5.74, 6) is 0.635. The highest BCUT2D eigenvalue weighted by Crippen LogP contribution is 2.40. The Morgan fingerprint density at radius 3 is 1.59 bits per heavy atom. The van der Waals surface area contributed by atoms with Gasteiger partial charge in [-0.15, -0.1) is 11.3 Å². The summed E-state index contributed by atoms with van der Waals surface area (Å²) in [6.45, 7) is 0. The van der Waals surface area contributed by atoms with Crippen LogP contribution < -0.4 is 0 Å². The first-order valence-electron chi connectivity index (χ1n) is 21.0. The van der Waals surface area contributed by atoms with Crippen LogP contribution in [0.5, 0.6) is 0 Å². The molecular formula is C56H34N6S. The van der Waals surface area contributed by atoms with Crippen molar-refractivity contribution < 1.29 is 0 Å². The van der Waals surface area contributed by atoms with Crippen LogP contribution >= 0.6 is 11.3 Å². The van der Waals surface area contributed by atoms with Crippen LogP contribution in [-0.2, 0) is 0 Å². The number of pyridine rings is 2. The number of para-hydroxylation sites is 2. The van der Waals surface area contributed by atoms with E-state index in [-0.39, 0.29) is 0 Å². The smallest absolute Gasteiger partial charge is 0.235 e. The number of thiophene rings is 1. The van der Waals surface area contributed by atoms with Gasteiger partial charge in [0.05, 0.1) is 55.1 Å². The van der Waals surface area contributed by atoms with E-state index in [0.717, 1.165) is 94.3 Å². The van der Waals surface area contributed by atoms with Crippen molar-refractivity contribution in [1.82, 2.24) is 29.1 Å². The van der Waals surface area contributed by atoms with Gasteiger partial charge in [-0.3, -0.25) is 9.55 Å². The molecule has 0 atom stereocenters. The van der Waals surface area contributed by atoms with E-state index in [2.05, 4.69) is 179 Å². The van der Waals surface area contributed by atoms with Gasteiger partial charge in [0.25, 0.3) is 0 Å². The third kappa shape index (κ3) is 5.78. The van der Waals surface area contributed by atoms with Crippen LogP contribution in [0.1, 0.15) is 0 Å². The fourth-order valence-electron chi connectivity index (χ4n) is 9.33. The summed E-state index contributed by atoms with van der Waals surface area (Å²) in [5.41, 5.74) is 14.7. The second kappa shape index (κ2) is 14.2. The molecule has 7 heteroatoms. The number of hydrogen-bond acceptors (Lipinski definition) is 5. The van der Waals surface area contributed by atoms with Gasteiger partial charge in [-0.25, -0.2) is 15.0 Å². The molecule has 0 saturated heterocycles. The first-order valence-corrected chi connectivity index (χ1v) is 21.8. The molecule has 13 rings (SSSR count). The van der Waals surface area contributed by atoms with Gasteiger partial charge in [-0.2, -0.15) is 0 Å². The number of benzene rings is 7. The van der Waals surface area contributed by atoms with Gasteiger partial charge in [0.2, 0.25) is 5.95 Å². The Labute approximate surface area is 365 Å². The van der Waals surface area contributed by atoms with Gasteiger partial charge in [0, 0.05) is 60.7 Å². The number of hydrogen-bond donors (Lipinski definition) is 0. The minimum Gasteiger partial charge on any atom is -0.309 e. The molecule has 0 radical (unpaired) electrons. The number of nitrogens with zero attached hydrogens (tertiary/aromatic N) is 6. The quantitative estimate of drug-likeness (QED) is 0.168. The molecular weight excluding hydrogens is 789 g/mol. The van der Waals surface area contributed by atoms with Crippen LogP contribution in [0.2, 0.25) is 0 Å². The van der Waals surface area contributed by atoms with E-state index in [4.69, 9.17) is 19.9 Å². The maximum absolute atomic E-state index is 5.20. The maximum Gasteiger partial charge on any atom is 0.235 e. The largest absolute Gasteiger partial charge is 0.309 e. The van der Waals surface area contributed by atoms with E-state index < -0.39 is 0 Å². The third-order valence-electron chi connectivity index (χ3n) is 12.2. The molecule has 0 N–H and O–H groups in total. The summed E-state index contributed by atoms with van der Waals surface area (Å²) in [5, 5.41) is 5.84. The Kier molecular flexibility index (Phi) is 7.98. The van der Waals surface area contributed by atoms with Crippen molar-refractivity contribution in [2.45, 2.75) is 0 Å². The average molecular weight is 823 g/mol. The highest BCUT2D eigenvalue weighted by Gasteiger charge is 2.19. The van der Waals surface area contributed by atoms with Gasteiger partial charge in [0.1, 0.15) is 0 Å². The Balaban J connectivity index is 0.938. The molecule has 6 aromatic heterocycles. The summed E-state index contributed by atoms with van der Waals surface area (Å²) >= 11 is 1.77. The van der Waals surface area contributed by atoms with Crippen molar-refractivity contribution in [3.63, 3.8) is 0 Å². The summed E-state index contributed by atoms with van der Waals surface area (Å²) in [6, 6.07) is 68.9. The summed E-state index contributed by atoms with van der Waals surface area (Å²) in [4.78, 5) is 19.9. The molecule has 0 fully saturated rings. The van der Waals surface area contributed by atoms with E-state index in [1.807, 2.05) is 36.7 Å². The van der Waals surface area contributed by atoms with Crippen molar-refractivity contribution in [1.29, 1.82) is 0 Å².